The molecule has 0 bridgehead atoms. The van der Waals surface area contributed by atoms with E-state index in [4.69, 9.17) is 10.4 Å². The van der Waals surface area contributed by atoms with Crippen molar-refractivity contribution < 1.29 is 9.90 Å². The number of hydrogen-bond acceptors (Lipinski definition) is 4. The lowest BCUT2D eigenvalue weighted by Gasteiger charge is -1.77. The van der Waals surface area contributed by atoms with E-state index in [9.17, 15) is 4.79 Å². The van der Waals surface area contributed by atoms with E-state index in [-0.39, 0.29) is 5.01 Å². The van der Waals surface area contributed by atoms with Crippen molar-refractivity contribution in [3.8, 4) is 6.07 Å². The molecule has 50 valence electrons. The van der Waals surface area contributed by atoms with E-state index in [1.807, 2.05) is 0 Å². The van der Waals surface area contributed by atoms with E-state index in [0.717, 1.165) is 11.3 Å². The first-order chi connectivity index (χ1) is 4.74. The van der Waals surface area contributed by atoms with Gasteiger partial charge in [0.25, 0.3) is 0 Å². The third kappa shape index (κ3) is 1.11. The summed E-state index contributed by atoms with van der Waals surface area (Å²) in [4.78, 5) is 14.0. The van der Waals surface area contributed by atoms with Gasteiger partial charge in [0.15, 0.2) is 0 Å². The normalized spacial score (nSPS) is 8.70. The monoisotopic (exact) mass is 154 g/mol. The van der Waals surface area contributed by atoms with Crippen LogP contribution in [-0.4, -0.2) is 16.1 Å². The molecule has 0 saturated heterocycles. The van der Waals surface area contributed by atoms with Crippen molar-refractivity contribution in [3.05, 3.63) is 16.1 Å². The molecule has 0 amide bonds. The standard InChI is InChI=1S/C5H2N2O2S/c6-1-3-2-7-4(10-3)5(8)9/h2H,(H,8,9). The lowest BCUT2D eigenvalue weighted by atomic mass is 10.6. The minimum Gasteiger partial charge on any atom is -0.476 e. The molecule has 1 rings (SSSR count). The fraction of sp³-hybridized carbons (Fsp3) is 0. The average molecular weight is 154 g/mol. The van der Waals surface area contributed by atoms with Crippen LogP contribution in [0.3, 0.4) is 0 Å². The highest BCUT2D eigenvalue weighted by Crippen LogP contribution is 2.10. The molecule has 0 saturated carbocycles. The molecule has 1 aromatic heterocycles. The second-order valence-corrected chi connectivity index (χ2v) is 2.48. The van der Waals surface area contributed by atoms with E-state index in [1.165, 1.54) is 6.20 Å². The number of hydrogen-bond donors (Lipinski definition) is 1. The Hall–Kier alpha value is -1.41. The predicted octanol–water partition coefficient (Wildman–Crippen LogP) is 0.713. The first-order valence-electron chi connectivity index (χ1n) is 2.33. The van der Waals surface area contributed by atoms with Gasteiger partial charge in [0.05, 0.1) is 6.20 Å². The maximum atomic E-state index is 10.2. The van der Waals surface area contributed by atoms with E-state index < -0.39 is 5.97 Å². The molecule has 0 atom stereocenters. The minimum atomic E-state index is -1.09. The molecule has 1 N–H and O–H groups in total. The number of nitrogens with zero attached hydrogens (tertiary/aromatic N) is 2. The van der Waals surface area contributed by atoms with Gasteiger partial charge >= 0.3 is 5.97 Å². The predicted molar refractivity (Wildman–Crippen MR) is 33.8 cm³/mol. The maximum Gasteiger partial charge on any atom is 0.365 e. The number of aromatic carboxylic acids is 1. The molecular weight excluding hydrogens is 152 g/mol. The fourth-order valence-electron chi connectivity index (χ4n) is 0.425. The summed E-state index contributed by atoms with van der Waals surface area (Å²) in [6.45, 7) is 0. The van der Waals surface area contributed by atoms with Crippen molar-refractivity contribution in [2.45, 2.75) is 0 Å². The Balaban J connectivity index is 3.02. The zero-order chi connectivity index (χ0) is 7.56. The number of aromatic nitrogens is 1. The molecule has 0 aliphatic carbocycles. The summed E-state index contributed by atoms with van der Waals surface area (Å²) >= 11 is 0.869. The van der Waals surface area contributed by atoms with Crippen LogP contribution >= 0.6 is 11.3 Å². The van der Waals surface area contributed by atoms with Crippen molar-refractivity contribution in [3.63, 3.8) is 0 Å². The van der Waals surface area contributed by atoms with Crippen LogP contribution < -0.4 is 0 Å². The number of rotatable bonds is 1. The van der Waals surface area contributed by atoms with Crippen molar-refractivity contribution in [1.29, 1.82) is 5.26 Å². The minimum absolute atomic E-state index is 0.0449. The first kappa shape index (κ1) is 6.71. The molecule has 10 heavy (non-hydrogen) atoms. The van der Waals surface area contributed by atoms with Crippen molar-refractivity contribution in [1.82, 2.24) is 4.98 Å². The van der Waals surface area contributed by atoms with Gasteiger partial charge in [-0.2, -0.15) is 5.26 Å². The second-order valence-electron chi connectivity index (χ2n) is 1.45. The topological polar surface area (TPSA) is 74.0 Å². The number of thiazole rings is 1. The Morgan fingerprint density at radius 3 is 2.90 bits per heavy atom. The fourth-order valence-corrected chi connectivity index (χ4v) is 0.977. The molecule has 0 radical (unpaired) electrons. The zero-order valence-electron chi connectivity index (χ0n) is 4.74. The molecule has 5 heteroatoms. The molecule has 1 aromatic rings. The molecule has 4 nitrogen and oxygen atoms in total. The summed E-state index contributed by atoms with van der Waals surface area (Å²) in [5.74, 6) is -1.09. The van der Waals surface area contributed by atoms with Crippen molar-refractivity contribution in [2.24, 2.45) is 0 Å². The number of carboxylic acid groups (broad SMARTS) is 1. The summed E-state index contributed by atoms with van der Waals surface area (Å²) in [6, 6.07) is 1.79. The smallest absolute Gasteiger partial charge is 0.365 e. The average Bonchev–Trinajstić information content (AvgIpc) is 2.34. The summed E-state index contributed by atoms with van der Waals surface area (Å²) < 4.78 is 0. The molecule has 0 unspecified atom stereocenters. The highest BCUT2D eigenvalue weighted by Gasteiger charge is 2.07. The van der Waals surface area contributed by atoms with Crippen molar-refractivity contribution >= 4 is 17.3 Å². The maximum absolute atomic E-state index is 10.2. The largest absolute Gasteiger partial charge is 0.476 e. The van der Waals surface area contributed by atoms with Gasteiger partial charge in [0, 0.05) is 0 Å². The highest BCUT2D eigenvalue weighted by atomic mass is 32.1. The molecule has 0 aliphatic heterocycles. The third-order valence-electron chi connectivity index (χ3n) is 0.799. The van der Waals surface area contributed by atoms with Gasteiger partial charge in [-0.1, -0.05) is 11.3 Å². The van der Waals surface area contributed by atoms with E-state index in [0.29, 0.717) is 4.88 Å². The summed E-state index contributed by atoms with van der Waals surface area (Å²) in [6.07, 6.45) is 1.24. The Kier molecular flexibility index (Phi) is 1.65. The Morgan fingerprint density at radius 1 is 1.90 bits per heavy atom. The van der Waals surface area contributed by atoms with Crippen LogP contribution in [0.25, 0.3) is 0 Å². The second kappa shape index (κ2) is 2.45. The van der Waals surface area contributed by atoms with Crippen LogP contribution in [0.2, 0.25) is 0 Å². The van der Waals surface area contributed by atoms with Crippen LogP contribution in [0.4, 0.5) is 0 Å². The van der Waals surface area contributed by atoms with E-state index in [2.05, 4.69) is 4.98 Å². The van der Waals surface area contributed by atoms with Crippen LogP contribution in [0.1, 0.15) is 14.7 Å². The molecule has 1 heterocycles. The van der Waals surface area contributed by atoms with Gasteiger partial charge in [0.1, 0.15) is 10.9 Å². The molecule has 0 spiro atoms. The molecule has 0 fully saturated rings. The van der Waals surface area contributed by atoms with Crippen LogP contribution in [0.5, 0.6) is 0 Å². The van der Waals surface area contributed by atoms with Gasteiger partial charge in [0.2, 0.25) is 5.01 Å². The summed E-state index contributed by atoms with van der Waals surface area (Å²) in [7, 11) is 0. The summed E-state index contributed by atoms with van der Waals surface area (Å²) in [5, 5.41) is 16.5. The molecule has 0 aliphatic rings. The van der Waals surface area contributed by atoms with Crippen LogP contribution in [0.15, 0.2) is 6.20 Å². The number of nitriles is 1. The van der Waals surface area contributed by atoms with Gasteiger partial charge in [-0.15, -0.1) is 0 Å². The summed E-state index contributed by atoms with van der Waals surface area (Å²) in [5.41, 5.74) is 0. The third-order valence-corrected chi connectivity index (χ3v) is 1.69. The number of carboxylic acids is 1. The quantitative estimate of drug-likeness (QED) is 0.646. The lowest BCUT2D eigenvalue weighted by Crippen LogP contribution is -1.92. The van der Waals surface area contributed by atoms with E-state index in [1.54, 1.807) is 6.07 Å². The van der Waals surface area contributed by atoms with Crippen LogP contribution in [0, 0.1) is 11.3 Å². The molecular formula is C5H2N2O2S. The number of carbonyl (C=O) groups is 1. The SMILES string of the molecule is N#Cc1cnc(C(=O)O)s1. The van der Waals surface area contributed by atoms with Gasteiger partial charge < -0.3 is 5.11 Å². The zero-order valence-corrected chi connectivity index (χ0v) is 5.55. The Morgan fingerprint density at radius 2 is 2.60 bits per heavy atom. The Labute approximate surface area is 60.4 Å². The van der Waals surface area contributed by atoms with E-state index >= 15 is 0 Å². The van der Waals surface area contributed by atoms with Gasteiger partial charge in [-0.05, 0) is 0 Å². The Bertz CT molecular complexity index is 299. The van der Waals surface area contributed by atoms with Gasteiger partial charge in [-0.3, -0.25) is 0 Å². The highest BCUT2D eigenvalue weighted by molar-refractivity contribution is 7.14. The molecule has 0 aromatic carbocycles. The van der Waals surface area contributed by atoms with Crippen LogP contribution in [-0.2, 0) is 0 Å². The van der Waals surface area contributed by atoms with Crippen molar-refractivity contribution in [2.75, 3.05) is 0 Å². The first-order valence-corrected chi connectivity index (χ1v) is 3.15. The van der Waals surface area contributed by atoms with Gasteiger partial charge in [-0.25, -0.2) is 9.78 Å². The lowest BCUT2D eigenvalue weighted by molar-refractivity contribution is 0.0696.